The molecule has 1 N–H and O–H groups in total. The standard InChI is InChI=1S/C14H20F2N2O3S/c1-17-11-6-8-18(9-7-11)22(19,20)13-4-2-12(3-5-13)21-10-14(15)16/h2-5,11,14,17H,6-10H2,1H3. The van der Waals surface area contributed by atoms with Crippen molar-refractivity contribution in [2.45, 2.75) is 30.2 Å². The molecule has 0 spiro atoms. The normalized spacial score (nSPS) is 17.8. The van der Waals surface area contributed by atoms with Gasteiger partial charge in [-0.3, -0.25) is 0 Å². The summed E-state index contributed by atoms with van der Waals surface area (Å²) < 4.78 is 55.4. The molecule has 1 heterocycles. The average Bonchev–Trinajstić information content (AvgIpc) is 2.53. The molecular formula is C14H20F2N2O3S. The van der Waals surface area contributed by atoms with Crippen molar-refractivity contribution in [2.24, 2.45) is 0 Å². The predicted octanol–water partition coefficient (Wildman–Crippen LogP) is 1.70. The first kappa shape index (κ1) is 17.1. The highest BCUT2D eigenvalue weighted by Crippen LogP contribution is 2.23. The van der Waals surface area contributed by atoms with E-state index in [2.05, 4.69) is 5.32 Å². The van der Waals surface area contributed by atoms with Crippen molar-refractivity contribution in [3.8, 4) is 5.75 Å². The summed E-state index contributed by atoms with van der Waals surface area (Å²) in [5.74, 6) is 0.230. The Balaban J connectivity index is 2.03. The number of ether oxygens (including phenoxy) is 1. The van der Waals surface area contributed by atoms with Crippen LogP contribution in [0.15, 0.2) is 29.2 Å². The van der Waals surface area contributed by atoms with Crippen molar-refractivity contribution in [2.75, 3.05) is 26.7 Å². The van der Waals surface area contributed by atoms with E-state index in [1.807, 2.05) is 7.05 Å². The number of nitrogens with zero attached hydrogens (tertiary/aromatic N) is 1. The van der Waals surface area contributed by atoms with Crippen LogP contribution in [0.2, 0.25) is 0 Å². The highest BCUT2D eigenvalue weighted by atomic mass is 32.2. The van der Waals surface area contributed by atoms with E-state index in [0.29, 0.717) is 19.1 Å². The zero-order valence-corrected chi connectivity index (χ0v) is 13.2. The lowest BCUT2D eigenvalue weighted by Crippen LogP contribution is -2.43. The van der Waals surface area contributed by atoms with Crippen LogP contribution in [0.1, 0.15) is 12.8 Å². The number of halogens is 2. The third-order valence-corrected chi connectivity index (χ3v) is 5.61. The van der Waals surface area contributed by atoms with Gasteiger partial charge in [0.2, 0.25) is 10.0 Å². The Morgan fingerprint density at radius 2 is 1.86 bits per heavy atom. The number of nitrogens with one attached hydrogen (secondary N) is 1. The van der Waals surface area contributed by atoms with Gasteiger partial charge in [0.25, 0.3) is 6.43 Å². The van der Waals surface area contributed by atoms with Crippen molar-refractivity contribution in [1.82, 2.24) is 9.62 Å². The topological polar surface area (TPSA) is 58.6 Å². The molecule has 0 aromatic heterocycles. The van der Waals surface area contributed by atoms with E-state index in [9.17, 15) is 17.2 Å². The van der Waals surface area contributed by atoms with Crippen LogP contribution < -0.4 is 10.1 Å². The molecule has 0 bridgehead atoms. The van der Waals surface area contributed by atoms with Gasteiger partial charge < -0.3 is 10.1 Å². The first-order valence-electron chi connectivity index (χ1n) is 7.12. The van der Waals surface area contributed by atoms with Crippen LogP contribution in [0.3, 0.4) is 0 Å². The Kier molecular flexibility index (Phi) is 5.71. The van der Waals surface area contributed by atoms with Crippen molar-refractivity contribution >= 4 is 10.0 Å². The fraction of sp³-hybridized carbons (Fsp3) is 0.571. The smallest absolute Gasteiger partial charge is 0.272 e. The molecule has 22 heavy (non-hydrogen) atoms. The van der Waals surface area contributed by atoms with Gasteiger partial charge in [0.05, 0.1) is 4.90 Å². The van der Waals surface area contributed by atoms with Crippen molar-refractivity contribution in [1.29, 1.82) is 0 Å². The zero-order valence-electron chi connectivity index (χ0n) is 12.3. The quantitative estimate of drug-likeness (QED) is 0.860. The van der Waals surface area contributed by atoms with Gasteiger partial charge in [-0.25, -0.2) is 17.2 Å². The molecule has 1 aliphatic heterocycles. The molecule has 0 saturated carbocycles. The van der Waals surface area contributed by atoms with Gasteiger partial charge in [-0.2, -0.15) is 4.31 Å². The van der Waals surface area contributed by atoms with Gasteiger partial charge in [-0.15, -0.1) is 0 Å². The van der Waals surface area contributed by atoms with Crippen LogP contribution in [0.4, 0.5) is 8.78 Å². The van der Waals surface area contributed by atoms with E-state index in [1.54, 1.807) is 0 Å². The van der Waals surface area contributed by atoms with Gasteiger partial charge in [-0.05, 0) is 44.2 Å². The lowest BCUT2D eigenvalue weighted by atomic mass is 10.1. The second kappa shape index (κ2) is 7.34. The fourth-order valence-electron chi connectivity index (χ4n) is 2.40. The highest BCUT2D eigenvalue weighted by Gasteiger charge is 2.28. The molecule has 5 nitrogen and oxygen atoms in total. The summed E-state index contributed by atoms with van der Waals surface area (Å²) in [7, 11) is -1.67. The van der Waals surface area contributed by atoms with Crippen LogP contribution in [-0.2, 0) is 10.0 Å². The number of rotatable bonds is 6. The summed E-state index contributed by atoms with van der Waals surface area (Å²) in [5.41, 5.74) is 0. The minimum atomic E-state index is -3.54. The maximum atomic E-state index is 12.5. The minimum absolute atomic E-state index is 0.153. The summed E-state index contributed by atoms with van der Waals surface area (Å²) in [6, 6.07) is 5.92. The Bertz CT molecular complexity index is 570. The van der Waals surface area contributed by atoms with Crippen LogP contribution >= 0.6 is 0 Å². The molecule has 0 amide bonds. The van der Waals surface area contributed by atoms with Gasteiger partial charge >= 0.3 is 0 Å². The van der Waals surface area contributed by atoms with Gasteiger partial charge in [0, 0.05) is 19.1 Å². The van der Waals surface area contributed by atoms with Crippen LogP contribution in [0.5, 0.6) is 5.75 Å². The predicted molar refractivity (Wildman–Crippen MR) is 78.8 cm³/mol. The first-order chi connectivity index (χ1) is 10.4. The van der Waals surface area contributed by atoms with Crippen LogP contribution in [-0.4, -0.2) is 51.9 Å². The number of alkyl halides is 2. The van der Waals surface area contributed by atoms with Gasteiger partial charge in [0.15, 0.2) is 0 Å². The first-order valence-corrected chi connectivity index (χ1v) is 8.56. The minimum Gasteiger partial charge on any atom is -0.488 e. The fourth-order valence-corrected chi connectivity index (χ4v) is 3.87. The number of sulfonamides is 1. The summed E-state index contributed by atoms with van der Waals surface area (Å²) in [4.78, 5) is 0.153. The summed E-state index contributed by atoms with van der Waals surface area (Å²) in [5, 5.41) is 3.15. The Hall–Kier alpha value is -1.25. The number of hydrogen-bond acceptors (Lipinski definition) is 4. The van der Waals surface area contributed by atoms with E-state index in [4.69, 9.17) is 4.74 Å². The third-order valence-electron chi connectivity index (χ3n) is 3.70. The van der Waals surface area contributed by atoms with E-state index in [1.165, 1.54) is 28.6 Å². The SMILES string of the molecule is CNC1CCN(S(=O)(=O)c2ccc(OCC(F)F)cc2)CC1. The van der Waals surface area contributed by atoms with E-state index in [0.717, 1.165) is 12.8 Å². The van der Waals surface area contributed by atoms with E-state index in [-0.39, 0.29) is 10.6 Å². The molecule has 1 aromatic carbocycles. The molecule has 0 radical (unpaired) electrons. The van der Waals surface area contributed by atoms with Crippen LogP contribution in [0, 0.1) is 0 Å². The second-order valence-corrected chi connectivity index (χ2v) is 7.08. The Morgan fingerprint density at radius 1 is 1.27 bits per heavy atom. The third kappa shape index (κ3) is 4.15. The van der Waals surface area contributed by atoms with Crippen molar-refractivity contribution < 1.29 is 21.9 Å². The van der Waals surface area contributed by atoms with Crippen molar-refractivity contribution in [3.05, 3.63) is 24.3 Å². The summed E-state index contributed by atoms with van der Waals surface area (Å²) in [6.07, 6.45) is -1.02. The highest BCUT2D eigenvalue weighted by molar-refractivity contribution is 7.89. The molecule has 0 aliphatic carbocycles. The lowest BCUT2D eigenvalue weighted by Gasteiger charge is -2.31. The molecule has 0 atom stereocenters. The molecule has 1 aromatic rings. The van der Waals surface area contributed by atoms with Crippen LogP contribution in [0.25, 0.3) is 0 Å². The number of piperidine rings is 1. The molecule has 2 rings (SSSR count). The van der Waals surface area contributed by atoms with E-state index >= 15 is 0 Å². The molecule has 1 aliphatic rings. The molecule has 1 saturated heterocycles. The molecule has 0 unspecified atom stereocenters. The Morgan fingerprint density at radius 3 is 2.36 bits per heavy atom. The van der Waals surface area contributed by atoms with Gasteiger partial charge in [-0.1, -0.05) is 0 Å². The number of hydrogen-bond donors (Lipinski definition) is 1. The van der Waals surface area contributed by atoms with E-state index < -0.39 is 23.1 Å². The molecular weight excluding hydrogens is 314 g/mol. The summed E-state index contributed by atoms with van der Waals surface area (Å²) in [6.45, 7) is 0.235. The zero-order chi connectivity index (χ0) is 16.2. The number of benzene rings is 1. The maximum Gasteiger partial charge on any atom is 0.272 e. The largest absolute Gasteiger partial charge is 0.488 e. The average molecular weight is 334 g/mol. The maximum absolute atomic E-state index is 12.5. The molecule has 8 heteroatoms. The summed E-state index contributed by atoms with van der Waals surface area (Å²) >= 11 is 0. The molecule has 124 valence electrons. The molecule has 1 fully saturated rings. The monoisotopic (exact) mass is 334 g/mol. The lowest BCUT2D eigenvalue weighted by molar-refractivity contribution is 0.0819. The van der Waals surface area contributed by atoms with Crippen molar-refractivity contribution in [3.63, 3.8) is 0 Å². The van der Waals surface area contributed by atoms with Gasteiger partial charge in [0.1, 0.15) is 12.4 Å². The Labute approximate surface area is 129 Å². The second-order valence-electron chi connectivity index (χ2n) is 5.14.